The van der Waals surface area contributed by atoms with Crippen molar-refractivity contribution in [1.29, 1.82) is 0 Å². The van der Waals surface area contributed by atoms with Gasteiger partial charge in [-0.1, -0.05) is 44.9 Å². The van der Waals surface area contributed by atoms with Crippen molar-refractivity contribution < 1.29 is 0 Å². The maximum atomic E-state index is 2.58. The fourth-order valence-corrected chi connectivity index (χ4v) is 4.95. The van der Waals surface area contributed by atoms with E-state index >= 15 is 0 Å². The summed E-state index contributed by atoms with van der Waals surface area (Å²) in [7, 11) is 0. The Morgan fingerprint density at radius 2 is 1.89 bits per heavy atom. The van der Waals surface area contributed by atoms with E-state index in [0.717, 1.165) is 29.6 Å². The van der Waals surface area contributed by atoms with Crippen LogP contribution in [0.15, 0.2) is 23.3 Å². The molecule has 106 valence electrons. The molecule has 0 aromatic heterocycles. The lowest BCUT2D eigenvalue weighted by Crippen LogP contribution is -2.33. The first kappa shape index (κ1) is 13.5. The molecule has 3 aliphatic carbocycles. The van der Waals surface area contributed by atoms with Gasteiger partial charge in [-0.3, -0.25) is 0 Å². The Bertz CT molecular complexity index is 385. The van der Waals surface area contributed by atoms with Gasteiger partial charge in [0.15, 0.2) is 0 Å². The van der Waals surface area contributed by atoms with Crippen LogP contribution in [0.1, 0.15) is 65.7 Å². The molecular weight excluding hydrogens is 228 g/mol. The van der Waals surface area contributed by atoms with E-state index < -0.39 is 0 Å². The first-order valence-corrected chi connectivity index (χ1v) is 8.57. The van der Waals surface area contributed by atoms with Crippen LogP contribution in [-0.4, -0.2) is 0 Å². The molecule has 1 saturated carbocycles. The van der Waals surface area contributed by atoms with Crippen LogP contribution in [0.2, 0.25) is 0 Å². The van der Waals surface area contributed by atoms with Gasteiger partial charge < -0.3 is 0 Å². The third-order valence-electron chi connectivity index (χ3n) is 6.00. The van der Waals surface area contributed by atoms with E-state index in [1.165, 1.54) is 44.9 Å². The van der Waals surface area contributed by atoms with Gasteiger partial charge in [-0.05, 0) is 67.8 Å². The van der Waals surface area contributed by atoms with Gasteiger partial charge in [-0.2, -0.15) is 0 Å². The molecule has 0 N–H and O–H groups in total. The summed E-state index contributed by atoms with van der Waals surface area (Å²) in [5.41, 5.74) is 3.56. The van der Waals surface area contributed by atoms with E-state index in [4.69, 9.17) is 0 Å². The third kappa shape index (κ3) is 2.56. The number of hydrogen-bond acceptors (Lipinski definition) is 0. The summed E-state index contributed by atoms with van der Waals surface area (Å²) in [4.78, 5) is 0. The van der Waals surface area contributed by atoms with Crippen LogP contribution in [0.4, 0.5) is 0 Å². The SMILES string of the molecule is CC(C)[C@@H]1CC[C@@H](C)C[C@@H]1C1C=CC2=C1CCCC2. The van der Waals surface area contributed by atoms with Crippen molar-refractivity contribution in [3.8, 4) is 0 Å². The highest BCUT2D eigenvalue weighted by atomic mass is 14.4. The first-order chi connectivity index (χ1) is 9.16. The Morgan fingerprint density at radius 3 is 2.68 bits per heavy atom. The average molecular weight is 258 g/mol. The van der Waals surface area contributed by atoms with Gasteiger partial charge >= 0.3 is 0 Å². The van der Waals surface area contributed by atoms with E-state index in [1.54, 1.807) is 5.57 Å². The lowest BCUT2D eigenvalue weighted by molar-refractivity contribution is 0.120. The molecule has 0 aromatic rings. The zero-order chi connectivity index (χ0) is 13.4. The molecule has 3 aliphatic rings. The Labute approximate surface area is 119 Å². The van der Waals surface area contributed by atoms with Gasteiger partial charge in [0.25, 0.3) is 0 Å². The summed E-state index contributed by atoms with van der Waals surface area (Å²) in [6.45, 7) is 7.36. The summed E-state index contributed by atoms with van der Waals surface area (Å²) >= 11 is 0. The maximum Gasteiger partial charge on any atom is 0.00169 e. The van der Waals surface area contributed by atoms with Crippen LogP contribution in [0.3, 0.4) is 0 Å². The zero-order valence-corrected chi connectivity index (χ0v) is 13.0. The van der Waals surface area contributed by atoms with Crippen LogP contribution < -0.4 is 0 Å². The summed E-state index contributed by atoms with van der Waals surface area (Å²) in [5, 5.41) is 0. The van der Waals surface area contributed by atoms with Crippen molar-refractivity contribution in [3.63, 3.8) is 0 Å². The Morgan fingerprint density at radius 1 is 1.11 bits per heavy atom. The van der Waals surface area contributed by atoms with E-state index in [2.05, 4.69) is 32.9 Å². The highest BCUT2D eigenvalue weighted by Crippen LogP contribution is 2.49. The fourth-order valence-electron chi connectivity index (χ4n) is 4.95. The zero-order valence-electron chi connectivity index (χ0n) is 13.0. The van der Waals surface area contributed by atoms with Gasteiger partial charge in [0.1, 0.15) is 0 Å². The second-order valence-electron chi connectivity index (χ2n) is 7.63. The van der Waals surface area contributed by atoms with Gasteiger partial charge in [0.2, 0.25) is 0 Å². The first-order valence-electron chi connectivity index (χ1n) is 8.57. The second-order valence-corrected chi connectivity index (χ2v) is 7.63. The molecule has 0 saturated heterocycles. The normalized spacial score (nSPS) is 38.9. The molecule has 19 heavy (non-hydrogen) atoms. The molecular formula is C19H30. The lowest BCUT2D eigenvalue weighted by atomic mass is 9.64. The predicted molar refractivity (Wildman–Crippen MR) is 83.0 cm³/mol. The molecule has 0 bridgehead atoms. The number of allylic oxidation sites excluding steroid dienone is 4. The monoisotopic (exact) mass is 258 g/mol. The Balaban J connectivity index is 1.83. The van der Waals surface area contributed by atoms with Crippen molar-refractivity contribution in [2.24, 2.45) is 29.6 Å². The summed E-state index contributed by atoms with van der Waals surface area (Å²) in [6.07, 6.45) is 15.1. The molecule has 0 aromatic carbocycles. The number of hydrogen-bond donors (Lipinski definition) is 0. The van der Waals surface area contributed by atoms with Crippen molar-refractivity contribution in [1.82, 2.24) is 0 Å². The largest absolute Gasteiger partial charge is 0.0768 e. The van der Waals surface area contributed by atoms with Crippen LogP contribution >= 0.6 is 0 Å². The molecule has 0 aliphatic heterocycles. The van der Waals surface area contributed by atoms with Crippen molar-refractivity contribution in [2.45, 2.75) is 65.7 Å². The minimum Gasteiger partial charge on any atom is -0.0768 e. The van der Waals surface area contributed by atoms with Crippen LogP contribution in [0.5, 0.6) is 0 Å². The molecule has 4 atom stereocenters. The maximum absolute atomic E-state index is 2.58. The smallest absolute Gasteiger partial charge is 0.00169 e. The topological polar surface area (TPSA) is 0 Å². The van der Waals surface area contributed by atoms with E-state index in [9.17, 15) is 0 Å². The van der Waals surface area contributed by atoms with Gasteiger partial charge in [0.05, 0.1) is 0 Å². The summed E-state index contributed by atoms with van der Waals surface area (Å²) in [5.74, 6) is 4.51. The second kappa shape index (κ2) is 5.46. The lowest BCUT2D eigenvalue weighted by Gasteiger charge is -2.41. The molecule has 0 radical (unpaired) electrons. The van der Waals surface area contributed by atoms with E-state index in [1.807, 2.05) is 5.57 Å². The highest BCUT2D eigenvalue weighted by Gasteiger charge is 2.38. The van der Waals surface area contributed by atoms with E-state index in [0.29, 0.717) is 0 Å². The molecule has 0 spiro atoms. The minimum absolute atomic E-state index is 0.811. The Hall–Kier alpha value is -0.520. The standard InChI is InChI=1S/C19H30/c1-13(2)16-10-8-14(3)12-19(16)18-11-9-15-6-4-5-7-17(15)18/h9,11,13-14,16,18-19H,4-8,10,12H2,1-3H3/t14-,16+,18?,19+/m1/s1. The number of rotatable bonds is 2. The van der Waals surface area contributed by atoms with Crippen molar-refractivity contribution in [2.75, 3.05) is 0 Å². The van der Waals surface area contributed by atoms with Crippen molar-refractivity contribution in [3.05, 3.63) is 23.3 Å². The van der Waals surface area contributed by atoms with E-state index in [-0.39, 0.29) is 0 Å². The third-order valence-corrected chi connectivity index (χ3v) is 6.00. The van der Waals surface area contributed by atoms with Crippen molar-refractivity contribution >= 4 is 0 Å². The summed E-state index contributed by atoms with van der Waals surface area (Å²) < 4.78 is 0. The average Bonchev–Trinajstić information content (AvgIpc) is 2.82. The molecule has 0 heteroatoms. The highest BCUT2D eigenvalue weighted by molar-refractivity contribution is 5.39. The molecule has 1 unspecified atom stereocenters. The fraction of sp³-hybridized carbons (Fsp3) is 0.789. The minimum atomic E-state index is 0.811. The molecule has 0 nitrogen and oxygen atoms in total. The van der Waals surface area contributed by atoms with Crippen LogP contribution in [-0.2, 0) is 0 Å². The molecule has 3 rings (SSSR count). The van der Waals surface area contributed by atoms with Gasteiger partial charge in [0, 0.05) is 5.92 Å². The van der Waals surface area contributed by atoms with Crippen LogP contribution in [0, 0.1) is 29.6 Å². The van der Waals surface area contributed by atoms with Gasteiger partial charge in [-0.25, -0.2) is 0 Å². The molecule has 0 heterocycles. The summed E-state index contributed by atoms with van der Waals surface area (Å²) in [6, 6.07) is 0. The van der Waals surface area contributed by atoms with Crippen LogP contribution in [0.25, 0.3) is 0 Å². The van der Waals surface area contributed by atoms with Gasteiger partial charge in [-0.15, -0.1) is 0 Å². The quantitative estimate of drug-likeness (QED) is 0.591. The molecule has 1 fully saturated rings. The predicted octanol–water partition coefficient (Wildman–Crippen LogP) is 5.75. The Kier molecular flexibility index (Phi) is 3.87. The molecule has 0 amide bonds.